The van der Waals surface area contributed by atoms with Gasteiger partial charge in [-0.2, -0.15) is 0 Å². The molecule has 0 aromatic carbocycles. The Hall–Kier alpha value is 0.395. The molecule has 7 heteroatoms. The predicted octanol–water partition coefficient (Wildman–Crippen LogP) is 0.645. The number of aliphatic hydroxyl groups excluding tert-OH is 2. The molecule has 0 aliphatic heterocycles. The fourth-order valence-electron chi connectivity index (χ4n) is 2.44. The monoisotopic (exact) mass is 280 g/mol. The van der Waals surface area contributed by atoms with Crippen LogP contribution < -0.4 is 0 Å². The van der Waals surface area contributed by atoms with Crippen molar-refractivity contribution in [3.63, 3.8) is 0 Å². The van der Waals surface area contributed by atoms with E-state index >= 15 is 0 Å². The van der Waals surface area contributed by atoms with E-state index in [2.05, 4.69) is 0 Å². The molecule has 2 N–H and O–H groups in total. The van der Waals surface area contributed by atoms with E-state index in [1.54, 1.807) is 6.92 Å². The van der Waals surface area contributed by atoms with Gasteiger partial charge in [-0.1, -0.05) is 7.61 Å². The van der Waals surface area contributed by atoms with Gasteiger partial charge in [-0.05, 0) is 32.9 Å². The van der Waals surface area contributed by atoms with Crippen molar-refractivity contribution in [2.75, 3.05) is 13.2 Å². The highest BCUT2D eigenvalue weighted by Gasteiger charge is 2.39. The van der Waals surface area contributed by atoms with Crippen LogP contribution in [0.3, 0.4) is 0 Å². The van der Waals surface area contributed by atoms with Crippen molar-refractivity contribution >= 4 is 32.6 Å². The van der Waals surface area contributed by atoms with Crippen LogP contribution in [0.2, 0.25) is 0 Å². The molecule has 0 amide bonds. The minimum atomic E-state index is -1.35. The molecule has 1 radical (unpaired) electrons. The van der Waals surface area contributed by atoms with Crippen LogP contribution in [0.25, 0.3) is 0 Å². The van der Waals surface area contributed by atoms with Crippen LogP contribution in [0.15, 0.2) is 0 Å². The number of Topliss-reactive ketones (excluding diaryl/α,β-unsaturated/α-hetero) is 1. The van der Waals surface area contributed by atoms with Gasteiger partial charge in [0.1, 0.15) is 13.3 Å². The average Bonchev–Trinajstić information content (AvgIpc) is 2.82. The normalized spacial score (nSPS) is 33.7. The highest BCUT2D eigenvalue weighted by atomic mass is 32.7. The maximum atomic E-state index is 11.4. The Morgan fingerprint density at radius 1 is 1.88 bits per heavy atom. The third kappa shape index (κ3) is 4.53. The van der Waals surface area contributed by atoms with E-state index in [4.69, 9.17) is 11.9 Å². The Morgan fingerprint density at radius 2 is 2.65 bits per heavy atom. The largest absolute Gasteiger partial charge is 0.394 e. The minimum absolute atomic E-state index is 0.0117. The highest BCUT2D eigenvalue weighted by molar-refractivity contribution is 8.53. The first-order valence-electron chi connectivity index (χ1n) is 6.60. The molecule has 0 saturated heterocycles. The Morgan fingerprint density at radius 3 is 3.24 bits per heavy atom. The number of ketones is 1. The number of carbonyl (C=O) groups is 1. The van der Waals surface area contributed by atoms with Gasteiger partial charge in [-0.15, -0.1) is 0 Å². The lowest BCUT2D eigenvalue weighted by molar-refractivity contribution is -0.120. The Kier molecular flexibility index (Phi) is 5.66. The summed E-state index contributed by atoms with van der Waals surface area (Å²) in [4.78, 5) is 11.4. The van der Waals surface area contributed by atoms with Crippen molar-refractivity contribution in [1.29, 1.82) is 2.61 Å². The Bertz CT molecular complexity index is 303. The number of hydrogen-bond donors (Lipinski definition) is 2. The van der Waals surface area contributed by atoms with Crippen LogP contribution in [0, 0.1) is 17.8 Å². The maximum Gasteiger partial charge on any atom is 0.137 e. The molecule has 0 aromatic heterocycles. The van der Waals surface area contributed by atoms with Gasteiger partial charge >= 0.3 is 0 Å². The van der Waals surface area contributed by atoms with Crippen LogP contribution >= 0.6 is 19.3 Å². The van der Waals surface area contributed by atoms with E-state index in [0.717, 1.165) is 19.2 Å². The molecular formula is C10H19BO4PS. The fourth-order valence-corrected chi connectivity index (χ4v) is 3.10. The lowest BCUT2D eigenvalue weighted by Gasteiger charge is -2.22. The quantitative estimate of drug-likeness (QED) is 0.388. The summed E-state index contributed by atoms with van der Waals surface area (Å²) < 4.78 is 19.6. The zero-order chi connectivity index (χ0) is 14.4. The van der Waals surface area contributed by atoms with E-state index < -0.39 is 13.7 Å². The number of hydrogen-bond acceptors (Lipinski definition) is 5. The predicted molar refractivity (Wildman–Crippen MR) is 72.5 cm³/mol. The van der Waals surface area contributed by atoms with Crippen molar-refractivity contribution in [1.82, 2.24) is 0 Å². The van der Waals surface area contributed by atoms with Crippen LogP contribution in [0.1, 0.15) is 19.8 Å². The third-order valence-corrected chi connectivity index (χ3v) is 4.29. The third-order valence-electron chi connectivity index (χ3n) is 3.38. The van der Waals surface area contributed by atoms with Crippen molar-refractivity contribution in [3.05, 3.63) is 0 Å². The van der Waals surface area contributed by atoms with Crippen LogP contribution in [-0.2, 0) is 8.98 Å². The SMILES string of the molecule is [2H]P([B][3H])SOC[C@@H]1C[C@H](C(C)=O)C[C@H]1[C@@H](O)CO. The van der Waals surface area contributed by atoms with Gasteiger partial charge in [0.05, 0.1) is 20.6 Å². The molecule has 0 aromatic rings. The van der Waals surface area contributed by atoms with Crippen LogP contribution in [-0.4, -0.2) is 45.5 Å². The summed E-state index contributed by atoms with van der Waals surface area (Å²) in [6, 6.07) is 0. The summed E-state index contributed by atoms with van der Waals surface area (Å²) in [7, 11) is -0.313. The second-order valence-corrected chi connectivity index (χ2v) is 6.09. The number of carbonyl (C=O) groups excluding carboxylic acids is 1. The molecule has 4 nitrogen and oxygen atoms in total. The summed E-state index contributed by atoms with van der Waals surface area (Å²) in [5, 5.41) is 18.8. The molecule has 0 bridgehead atoms. The van der Waals surface area contributed by atoms with E-state index in [0.29, 0.717) is 19.4 Å². The molecule has 1 unspecified atom stereocenters. The molecule has 1 rings (SSSR count). The van der Waals surface area contributed by atoms with Crippen molar-refractivity contribution < 1.29 is 19.2 Å². The van der Waals surface area contributed by atoms with E-state index in [1.165, 1.54) is 0 Å². The topological polar surface area (TPSA) is 66.8 Å². The van der Waals surface area contributed by atoms with Crippen molar-refractivity contribution in [2.45, 2.75) is 25.9 Å². The Balaban J connectivity index is 2.49. The summed E-state index contributed by atoms with van der Waals surface area (Å²) in [6.07, 6.45) is 0.400. The molecule has 0 spiro atoms. The summed E-state index contributed by atoms with van der Waals surface area (Å²) >= 11 is 0.954. The first-order chi connectivity index (χ1) is 8.99. The molecule has 17 heavy (non-hydrogen) atoms. The number of aliphatic hydroxyl groups is 2. The zero-order valence-corrected chi connectivity index (χ0v) is 11.5. The second kappa shape index (κ2) is 7.75. The lowest BCUT2D eigenvalue weighted by atomic mass is 9.91. The second-order valence-electron chi connectivity index (χ2n) is 4.42. The van der Waals surface area contributed by atoms with E-state index in [1.807, 2.05) is 0 Å². The highest BCUT2D eigenvalue weighted by Crippen LogP contribution is 2.40. The van der Waals surface area contributed by atoms with Gasteiger partial charge in [0.25, 0.3) is 0 Å². The summed E-state index contributed by atoms with van der Waals surface area (Å²) in [6.45, 7) is 1.56. The number of rotatable bonds is 8. The first kappa shape index (κ1) is 12.4. The van der Waals surface area contributed by atoms with Gasteiger partial charge in [-0.25, -0.2) is 0 Å². The molecule has 1 fully saturated rings. The molecule has 0 heterocycles. The summed E-state index contributed by atoms with van der Waals surface area (Å²) in [5.41, 5.74) is 0. The molecule has 1 aliphatic rings. The smallest absolute Gasteiger partial charge is 0.137 e. The van der Waals surface area contributed by atoms with Crippen LogP contribution in [0.4, 0.5) is 0 Å². The van der Waals surface area contributed by atoms with Gasteiger partial charge < -0.3 is 14.4 Å². The van der Waals surface area contributed by atoms with Crippen molar-refractivity contribution in [2.24, 2.45) is 17.8 Å². The first-order valence-corrected chi connectivity index (χ1v) is 7.89. The van der Waals surface area contributed by atoms with E-state index in [9.17, 15) is 9.90 Å². The lowest BCUT2D eigenvalue weighted by Crippen LogP contribution is -2.29. The molecule has 5 atom stereocenters. The minimum Gasteiger partial charge on any atom is -0.394 e. The molecule has 97 valence electrons. The van der Waals surface area contributed by atoms with Gasteiger partial charge in [0, 0.05) is 17.6 Å². The van der Waals surface area contributed by atoms with Crippen LogP contribution in [0.5, 0.6) is 0 Å². The standard InChI is InChI=1S/C10H19BO4PS/c1-6(13)7-2-8(5-15-17-16-11)9(3-7)10(14)4-12/h7-12,14,16H,2-5H2,1H3/t7-,8-,9+,10-,16?/m0/s1/i11T,16D. The maximum absolute atomic E-state index is 11.4. The molecule has 1 saturated carbocycles. The zero-order valence-electron chi connectivity index (χ0n) is 11.8. The van der Waals surface area contributed by atoms with Gasteiger partial charge in [0.2, 0.25) is 0 Å². The average molecular weight is 280 g/mol. The fraction of sp³-hybridized carbons (Fsp3) is 0.900. The summed E-state index contributed by atoms with van der Waals surface area (Å²) in [5.74, 6) is -0.105. The Labute approximate surface area is 112 Å². The molecular weight excluding hydrogens is 258 g/mol. The van der Waals surface area contributed by atoms with Gasteiger partial charge in [-0.3, -0.25) is 4.79 Å². The van der Waals surface area contributed by atoms with Gasteiger partial charge in [0.15, 0.2) is 0 Å². The van der Waals surface area contributed by atoms with E-state index in [-0.39, 0.29) is 30.1 Å². The van der Waals surface area contributed by atoms with Crippen molar-refractivity contribution in [3.8, 4) is 0 Å². The molecule has 1 aliphatic carbocycles.